The predicted molar refractivity (Wildman–Crippen MR) is 97.4 cm³/mol. The summed E-state index contributed by atoms with van der Waals surface area (Å²) in [4.78, 5) is 13.9. The number of carbonyl (C=O) groups excluding carboxylic acids is 1. The number of hydrogen-bond donors (Lipinski definition) is 2. The summed E-state index contributed by atoms with van der Waals surface area (Å²) in [6.07, 6.45) is -0.692. The molecule has 0 bridgehead atoms. The van der Waals surface area contributed by atoms with Gasteiger partial charge in [0.15, 0.2) is 0 Å². The van der Waals surface area contributed by atoms with Gasteiger partial charge in [-0.05, 0) is 35.9 Å². The summed E-state index contributed by atoms with van der Waals surface area (Å²) in [7, 11) is 0. The second-order valence-electron chi connectivity index (χ2n) is 5.42. The Bertz CT molecular complexity index is 882. The van der Waals surface area contributed by atoms with Gasteiger partial charge in [0.2, 0.25) is 0 Å². The lowest BCUT2D eigenvalue weighted by Crippen LogP contribution is -2.22. The van der Waals surface area contributed by atoms with Crippen LogP contribution in [0, 0.1) is 5.82 Å². The van der Waals surface area contributed by atoms with Gasteiger partial charge in [-0.15, -0.1) is 11.3 Å². The number of thiophene rings is 1. The summed E-state index contributed by atoms with van der Waals surface area (Å²) in [5.41, 5.74) is 1.04. The van der Waals surface area contributed by atoms with E-state index in [1.54, 1.807) is 0 Å². The van der Waals surface area contributed by atoms with E-state index in [4.69, 9.17) is 11.6 Å². The lowest BCUT2D eigenvalue weighted by atomic mass is 10.1. The van der Waals surface area contributed by atoms with Gasteiger partial charge < -0.3 is 10.4 Å². The smallest absolute Gasteiger partial charge is 0.253 e. The van der Waals surface area contributed by atoms with Crippen LogP contribution in [0.5, 0.6) is 0 Å². The Hall–Kier alpha value is -2.21. The number of nitrogens with one attached hydrogen (secondary N) is 1. The molecule has 0 radical (unpaired) electrons. The minimum atomic E-state index is -0.692. The van der Waals surface area contributed by atoms with E-state index in [2.05, 4.69) is 5.32 Å². The van der Waals surface area contributed by atoms with Crippen molar-refractivity contribution in [2.75, 3.05) is 0 Å². The highest BCUT2D eigenvalue weighted by atomic mass is 35.5. The molecule has 1 heterocycles. The minimum Gasteiger partial charge on any atom is -0.383 e. The lowest BCUT2D eigenvalue weighted by molar-refractivity contribution is 0.0951. The van der Waals surface area contributed by atoms with Gasteiger partial charge in [-0.1, -0.05) is 41.9 Å². The Kier molecular flexibility index (Phi) is 5.48. The molecule has 6 heteroatoms. The summed E-state index contributed by atoms with van der Waals surface area (Å²) >= 11 is 7.31. The lowest BCUT2D eigenvalue weighted by Gasteiger charge is -2.08. The van der Waals surface area contributed by atoms with Crippen LogP contribution in [0.4, 0.5) is 4.39 Å². The second-order valence-corrected chi connectivity index (χ2v) is 7.03. The van der Waals surface area contributed by atoms with Crippen LogP contribution in [0.15, 0.2) is 60.7 Å². The first-order chi connectivity index (χ1) is 12.0. The molecule has 0 aliphatic heterocycles. The van der Waals surface area contributed by atoms with Gasteiger partial charge in [-0.3, -0.25) is 4.79 Å². The van der Waals surface area contributed by atoms with E-state index in [1.807, 2.05) is 42.5 Å². The third-order valence-electron chi connectivity index (χ3n) is 3.67. The largest absolute Gasteiger partial charge is 0.383 e. The van der Waals surface area contributed by atoms with E-state index < -0.39 is 11.9 Å². The van der Waals surface area contributed by atoms with E-state index in [9.17, 15) is 14.3 Å². The van der Waals surface area contributed by atoms with E-state index in [0.29, 0.717) is 6.54 Å². The molecule has 2 aromatic carbocycles. The fourth-order valence-electron chi connectivity index (χ4n) is 2.37. The average Bonchev–Trinajstić information content (AvgIpc) is 3.09. The molecule has 128 valence electrons. The van der Waals surface area contributed by atoms with Crippen molar-refractivity contribution in [2.24, 2.45) is 0 Å². The number of aliphatic hydroxyl groups is 1. The van der Waals surface area contributed by atoms with E-state index in [1.165, 1.54) is 23.5 Å². The van der Waals surface area contributed by atoms with Crippen molar-refractivity contribution in [2.45, 2.75) is 12.6 Å². The molecule has 0 aliphatic rings. The highest BCUT2D eigenvalue weighted by Gasteiger charge is 2.14. The summed E-state index contributed by atoms with van der Waals surface area (Å²) in [6, 6.07) is 16.7. The fourth-order valence-corrected chi connectivity index (χ4v) is 3.59. The van der Waals surface area contributed by atoms with Crippen LogP contribution in [0.1, 0.15) is 31.8 Å². The molecule has 0 spiro atoms. The molecule has 1 amide bonds. The van der Waals surface area contributed by atoms with Gasteiger partial charge in [0.25, 0.3) is 5.91 Å². The van der Waals surface area contributed by atoms with Crippen LogP contribution in [0.25, 0.3) is 0 Å². The Balaban J connectivity index is 1.65. The molecule has 0 fully saturated rings. The number of carbonyl (C=O) groups is 1. The predicted octanol–water partition coefficient (Wildman–Crippen LogP) is 4.55. The van der Waals surface area contributed by atoms with Crippen molar-refractivity contribution >= 4 is 28.8 Å². The third kappa shape index (κ3) is 4.25. The molecule has 25 heavy (non-hydrogen) atoms. The van der Waals surface area contributed by atoms with Crippen LogP contribution in [0.3, 0.4) is 0 Å². The van der Waals surface area contributed by atoms with Crippen molar-refractivity contribution in [3.63, 3.8) is 0 Å². The Morgan fingerprint density at radius 1 is 1.16 bits per heavy atom. The quantitative estimate of drug-likeness (QED) is 0.687. The number of hydrogen-bond acceptors (Lipinski definition) is 3. The molecule has 0 saturated carbocycles. The first-order valence-corrected chi connectivity index (χ1v) is 8.79. The highest BCUT2D eigenvalue weighted by molar-refractivity contribution is 7.12. The maximum absolute atomic E-state index is 13.0. The molecular formula is C19H15ClFNO2S. The number of amides is 1. The van der Waals surface area contributed by atoms with Crippen LogP contribution in [-0.4, -0.2) is 11.0 Å². The van der Waals surface area contributed by atoms with Gasteiger partial charge in [-0.2, -0.15) is 0 Å². The van der Waals surface area contributed by atoms with Crippen molar-refractivity contribution in [1.29, 1.82) is 0 Å². The Labute approximate surface area is 153 Å². The van der Waals surface area contributed by atoms with E-state index in [0.717, 1.165) is 21.4 Å². The van der Waals surface area contributed by atoms with E-state index in [-0.39, 0.29) is 16.5 Å². The third-order valence-corrected chi connectivity index (χ3v) is 5.12. The summed E-state index contributed by atoms with van der Waals surface area (Å²) in [5.74, 6) is -0.858. The molecule has 3 nitrogen and oxygen atoms in total. The van der Waals surface area contributed by atoms with Crippen molar-refractivity contribution in [3.8, 4) is 0 Å². The minimum absolute atomic E-state index is 0.0730. The van der Waals surface area contributed by atoms with Crippen molar-refractivity contribution < 1.29 is 14.3 Å². The first kappa shape index (κ1) is 17.6. The molecular weight excluding hydrogens is 361 g/mol. The van der Waals surface area contributed by atoms with Crippen LogP contribution < -0.4 is 5.32 Å². The standard InChI is InChI=1S/C19H15ClFNO2S/c20-16-10-13(21)6-8-15(16)19(24)22-11-14-7-9-17(25-14)18(23)12-4-2-1-3-5-12/h1-10,18,23H,11H2,(H,22,24)/t18-/m0/s1. The topological polar surface area (TPSA) is 49.3 Å². The fraction of sp³-hybridized carbons (Fsp3) is 0.105. The number of halogens is 2. The Morgan fingerprint density at radius 3 is 2.64 bits per heavy atom. The molecule has 1 aromatic heterocycles. The summed E-state index contributed by atoms with van der Waals surface area (Å²) in [5, 5.41) is 13.2. The van der Waals surface area contributed by atoms with Gasteiger partial charge in [0, 0.05) is 9.75 Å². The normalized spacial score (nSPS) is 12.0. The first-order valence-electron chi connectivity index (χ1n) is 7.59. The monoisotopic (exact) mass is 375 g/mol. The highest BCUT2D eigenvalue weighted by Crippen LogP contribution is 2.28. The number of benzene rings is 2. The maximum atomic E-state index is 13.0. The average molecular weight is 376 g/mol. The van der Waals surface area contributed by atoms with E-state index >= 15 is 0 Å². The van der Waals surface area contributed by atoms with Gasteiger partial charge in [0.1, 0.15) is 11.9 Å². The molecule has 0 aliphatic carbocycles. The van der Waals surface area contributed by atoms with Crippen molar-refractivity contribution in [3.05, 3.63) is 92.4 Å². The second kappa shape index (κ2) is 7.78. The molecule has 0 saturated heterocycles. The molecule has 3 aromatic rings. The molecule has 3 rings (SSSR count). The maximum Gasteiger partial charge on any atom is 0.253 e. The molecule has 2 N–H and O–H groups in total. The Morgan fingerprint density at radius 2 is 1.92 bits per heavy atom. The van der Waals surface area contributed by atoms with Gasteiger partial charge in [0.05, 0.1) is 17.1 Å². The summed E-state index contributed by atoms with van der Waals surface area (Å²) < 4.78 is 13.0. The molecule has 0 unspecified atom stereocenters. The van der Waals surface area contributed by atoms with Crippen LogP contribution >= 0.6 is 22.9 Å². The summed E-state index contributed by atoms with van der Waals surface area (Å²) in [6.45, 7) is 0.304. The van der Waals surface area contributed by atoms with Gasteiger partial charge >= 0.3 is 0 Å². The number of rotatable bonds is 5. The van der Waals surface area contributed by atoms with Crippen LogP contribution in [-0.2, 0) is 6.54 Å². The zero-order chi connectivity index (χ0) is 17.8. The SMILES string of the molecule is O=C(NCc1ccc([C@@H](O)c2ccccc2)s1)c1ccc(F)cc1Cl. The number of aliphatic hydroxyl groups excluding tert-OH is 1. The zero-order valence-corrected chi connectivity index (χ0v) is 14.7. The van der Waals surface area contributed by atoms with Crippen LogP contribution in [0.2, 0.25) is 5.02 Å². The molecule has 1 atom stereocenters. The zero-order valence-electron chi connectivity index (χ0n) is 13.1. The van der Waals surface area contributed by atoms with Crippen molar-refractivity contribution in [1.82, 2.24) is 5.32 Å². The van der Waals surface area contributed by atoms with Gasteiger partial charge in [-0.25, -0.2) is 4.39 Å².